The monoisotopic (exact) mass is 304 g/mol. The first-order chi connectivity index (χ1) is 10.1. The van der Waals surface area contributed by atoms with Crippen molar-refractivity contribution in [3.8, 4) is 6.01 Å². The Morgan fingerprint density at radius 2 is 2.19 bits per heavy atom. The second-order valence-corrected chi connectivity index (χ2v) is 5.37. The molecule has 0 bridgehead atoms. The van der Waals surface area contributed by atoms with E-state index in [2.05, 4.69) is 15.0 Å². The number of nitrogens with zero attached hydrogens (tertiary/aromatic N) is 3. The number of hydrogen-bond acceptors (Lipinski definition) is 6. The van der Waals surface area contributed by atoms with Crippen LogP contribution in [0.25, 0.3) is 10.2 Å². The maximum absolute atomic E-state index is 12.0. The van der Waals surface area contributed by atoms with Gasteiger partial charge in [-0.25, -0.2) is 9.97 Å². The fourth-order valence-electron chi connectivity index (χ4n) is 2.04. The molecule has 8 heteroatoms. The molecule has 0 saturated carbocycles. The number of aromatic nitrogens is 4. The number of hydrogen-bond donors (Lipinski definition) is 1. The summed E-state index contributed by atoms with van der Waals surface area (Å²) in [5.74, 6) is 0.386. The Morgan fingerprint density at radius 1 is 1.38 bits per heavy atom. The molecule has 0 spiro atoms. The summed E-state index contributed by atoms with van der Waals surface area (Å²) in [5.41, 5.74) is 0.721. The average Bonchev–Trinajstić information content (AvgIpc) is 2.90. The van der Waals surface area contributed by atoms with E-state index >= 15 is 0 Å². The van der Waals surface area contributed by atoms with E-state index in [-0.39, 0.29) is 23.7 Å². The number of ether oxygens (including phenoxy) is 1. The maximum Gasteiger partial charge on any atom is 0.299 e. The Balaban J connectivity index is 2.10. The molecule has 0 saturated heterocycles. The zero-order valence-corrected chi connectivity index (χ0v) is 12.2. The van der Waals surface area contributed by atoms with Gasteiger partial charge < -0.3 is 9.72 Å². The summed E-state index contributed by atoms with van der Waals surface area (Å²) >= 11 is 1.33. The molecule has 3 heterocycles. The zero-order chi connectivity index (χ0) is 15.0. The lowest BCUT2D eigenvalue weighted by molar-refractivity contribution is 0.348. The molecule has 0 unspecified atom stereocenters. The van der Waals surface area contributed by atoms with Crippen LogP contribution in [0.4, 0.5) is 0 Å². The first kappa shape index (κ1) is 13.5. The molecule has 7 nitrogen and oxygen atoms in total. The highest BCUT2D eigenvalue weighted by molar-refractivity contribution is 7.17. The predicted octanol–water partition coefficient (Wildman–Crippen LogP) is 0.907. The third-order valence-corrected chi connectivity index (χ3v) is 3.86. The van der Waals surface area contributed by atoms with Gasteiger partial charge in [-0.15, -0.1) is 11.3 Å². The second-order valence-electron chi connectivity index (χ2n) is 4.46. The Bertz CT molecular complexity index is 925. The molecule has 0 aromatic carbocycles. The standard InChI is InChI=1S/C13H12N4O3S/c1-7-5-10(18)17(13(14-7)20-2)6-9-15-8-3-4-21-11(8)12(19)16-9/h3-5H,6H2,1-2H3,(H,15,16,19). The van der Waals surface area contributed by atoms with Crippen molar-refractivity contribution in [3.63, 3.8) is 0 Å². The van der Waals surface area contributed by atoms with Crippen molar-refractivity contribution in [2.24, 2.45) is 0 Å². The van der Waals surface area contributed by atoms with Crippen molar-refractivity contribution in [1.82, 2.24) is 19.5 Å². The molecule has 1 N–H and O–H groups in total. The summed E-state index contributed by atoms with van der Waals surface area (Å²) in [5, 5.41) is 1.80. The second kappa shape index (κ2) is 5.13. The summed E-state index contributed by atoms with van der Waals surface area (Å²) in [4.78, 5) is 35.1. The van der Waals surface area contributed by atoms with Gasteiger partial charge >= 0.3 is 0 Å². The van der Waals surface area contributed by atoms with Gasteiger partial charge in [-0.2, -0.15) is 0 Å². The van der Waals surface area contributed by atoms with Crippen LogP contribution in [0.15, 0.2) is 27.1 Å². The largest absolute Gasteiger partial charge is 0.468 e. The number of nitrogens with one attached hydrogen (secondary N) is 1. The number of H-pyrrole nitrogens is 1. The van der Waals surface area contributed by atoms with Crippen LogP contribution in [-0.4, -0.2) is 26.6 Å². The number of methoxy groups -OCH3 is 1. The first-order valence-electron chi connectivity index (χ1n) is 6.17. The molecule has 0 aliphatic carbocycles. The van der Waals surface area contributed by atoms with Crippen LogP contribution in [0.1, 0.15) is 11.5 Å². The number of aromatic amines is 1. The SMILES string of the molecule is COc1nc(C)cc(=O)n1Cc1nc2ccsc2c(=O)[nH]1. The van der Waals surface area contributed by atoms with Gasteiger partial charge in [-0.05, 0) is 18.4 Å². The summed E-state index contributed by atoms with van der Waals surface area (Å²) in [6.07, 6.45) is 0. The van der Waals surface area contributed by atoms with E-state index in [1.54, 1.807) is 18.4 Å². The van der Waals surface area contributed by atoms with Gasteiger partial charge in [-0.1, -0.05) is 0 Å². The predicted molar refractivity (Wildman–Crippen MR) is 79.1 cm³/mol. The van der Waals surface area contributed by atoms with Gasteiger partial charge in [0, 0.05) is 11.8 Å². The molecular formula is C13H12N4O3S. The van der Waals surface area contributed by atoms with Gasteiger partial charge in [0.1, 0.15) is 10.5 Å². The van der Waals surface area contributed by atoms with Crippen molar-refractivity contribution in [2.45, 2.75) is 13.5 Å². The molecule has 108 valence electrons. The van der Waals surface area contributed by atoms with Crippen molar-refractivity contribution in [3.05, 3.63) is 49.7 Å². The fraction of sp³-hybridized carbons (Fsp3) is 0.231. The van der Waals surface area contributed by atoms with Gasteiger partial charge in [0.25, 0.3) is 17.1 Å². The number of thiophene rings is 1. The van der Waals surface area contributed by atoms with E-state index in [1.807, 2.05) is 0 Å². The Kier molecular flexibility index (Phi) is 3.30. The van der Waals surface area contributed by atoms with Crippen LogP contribution in [0.5, 0.6) is 6.01 Å². The third kappa shape index (κ3) is 2.45. The lowest BCUT2D eigenvalue weighted by Gasteiger charge is -2.10. The summed E-state index contributed by atoms with van der Waals surface area (Å²) < 4.78 is 7.01. The highest BCUT2D eigenvalue weighted by Crippen LogP contribution is 2.14. The van der Waals surface area contributed by atoms with Crippen molar-refractivity contribution >= 4 is 21.6 Å². The topological polar surface area (TPSA) is 89.9 Å². The molecule has 0 fully saturated rings. The molecule has 0 atom stereocenters. The van der Waals surface area contributed by atoms with E-state index in [4.69, 9.17) is 4.74 Å². The summed E-state index contributed by atoms with van der Waals surface area (Å²) in [7, 11) is 1.44. The van der Waals surface area contributed by atoms with Crippen LogP contribution in [-0.2, 0) is 6.54 Å². The highest BCUT2D eigenvalue weighted by Gasteiger charge is 2.11. The Labute approximate surface area is 122 Å². The van der Waals surface area contributed by atoms with Crippen LogP contribution < -0.4 is 15.9 Å². The number of aryl methyl sites for hydroxylation is 1. The Hall–Kier alpha value is -2.48. The highest BCUT2D eigenvalue weighted by atomic mass is 32.1. The molecule has 3 aromatic heterocycles. The summed E-state index contributed by atoms with van der Waals surface area (Å²) in [6, 6.07) is 3.36. The van der Waals surface area contributed by atoms with Crippen LogP contribution in [0.3, 0.4) is 0 Å². The van der Waals surface area contributed by atoms with Gasteiger partial charge in [0.05, 0.1) is 19.2 Å². The normalized spacial score (nSPS) is 11.0. The molecule has 0 aliphatic rings. The average molecular weight is 304 g/mol. The maximum atomic E-state index is 12.0. The van der Waals surface area contributed by atoms with Gasteiger partial charge in [-0.3, -0.25) is 14.2 Å². The van der Waals surface area contributed by atoms with E-state index in [9.17, 15) is 9.59 Å². The van der Waals surface area contributed by atoms with E-state index in [0.717, 1.165) is 0 Å². The lowest BCUT2D eigenvalue weighted by atomic mass is 10.4. The molecule has 21 heavy (non-hydrogen) atoms. The van der Waals surface area contributed by atoms with Crippen LogP contribution in [0.2, 0.25) is 0 Å². The summed E-state index contributed by atoms with van der Waals surface area (Å²) in [6.45, 7) is 1.81. The van der Waals surface area contributed by atoms with Crippen molar-refractivity contribution < 1.29 is 4.74 Å². The molecular weight excluding hydrogens is 292 g/mol. The number of rotatable bonds is 3. The van der Waals surface area contributed by atoms with E-state index in [1.165, 1.54) is 29.1 Å². The van der Waals surface area contributed by atoms with E-state index < -0.39 is 0 Å². The van der Waals surface area contributed by atoms with E-state index in [0.29, 0.717) is 21.7 Å². The fourth-order valence-corrected chi connectivity index (χ4v) is 2.77. The Morgan fingerprint density at radius 3 is 2.95 bits per heavy atom. The van der Waals surface area contributed by atoms with Crippen LogP contribution >= 0.6 is 11.3 Å². The number of fused-ring (bicyclic) bond motifs is 1. The van der Waals surface area contributed by atoms with Crippen molar-refractivity contribution in [2.75, 3.05) is 7.11 Å². The lowest BCUT2D eigenvalue weighted by Crippen LogP contribution is -2.25. The molecule has 0 aliphatic heterocycles. The minimum absolute atomic E-state index is 0.0936. The molecule has 3 aromatic rings. The molecule has 3 rings (SSSR count). The van der Waals surface area contributed by atoms with Crippen molar-refractivity contribution in [1.29, 1.82) is 0 Å². The third-order valence-electron chi connectivity index (χ3n) is 2.96. The molecule has 0 amide bonds. The first-order valence-corrected chi connectivity index (χ1v) is 7.05. The van der Waals surface area contributed by atoms with Gasteiger partial charge in [0.2, 0.25) is 0 Å². The van der Waals surface area contributed by atoms with Crippen LogP contribution in [0, 0.1) is 6.92 Å². The zero-order valence-electron chi connectivity index (χ0n) is 11.4. The van der Waals surface area contributed by atoms with Gasteiger partial charge in [0.15, 0.2) is 0 Å². The smallest absolute Gasteiger partial charge is 0.299 e. The minimum atomic E-state index is -0.257. The quantitative estimate of drug-likeness (QED) is 0.776. The minimum Gasteiger partial charge on any atom is -0.468 e. The molecule has 0 radical (unpaired) electrons.